The molecule has 1 heterocycles. The number of benzene rings is 3. The number of Topliss-reactive ketones (excluding diaryl/α,β-unsaturated/α-hetero) is 1. The first-order chi connectivity index (χ1) is 14.5. The summed E-state index contributed by atoms with van der Waals surface area (Å²) in [5.74, 6) is 1.73. The van der Waals surface area contributed by atoms with Crippen LogP contribution in [0.1, 0.15) is 34.0 Å². The largest absolute Gasteiger partial charge is 0.494 e. The van der Waals surface area contributed by atoms with Crippen molar-refractivity contribution in [3.63, 3.8) is 0 Å². The summed E-state index contributed by atoms with van der Waals surface area (Å²) < 4.78 is 30.2. The summed E-state index contributed by atoms with van der Waals surface area (Å²) in [5, 5.41) is 0. The molecule has 0 saturated carbocycles. The molecular formula is C25H21FO4. The molecular weight excluding hydrogens is 383 g/mol. The number of rotatable bonds is 6. The Bertz CT molecular complexity index is 1100. The highest BCUT2D eigenvalue weighted by Crippen LogP contribution is 2.39. The summed E-state index contributed by atoms with van der Waals surface area (Å²) >= 11 is 0. The van der Waals surface area contributed by atoms with Crippen molar-refractivity contribution < 1.29 is 23.4 Å². The molecule has 4 nitrogen and oxygen atoms in total. The number of hydrogen-bond acceptors (Lipinski definition) is 4. The van der Waals surface area contributed by atoms with E-state index in [0.717, 1.165) is 22.4 Å². The quantitative estimate of drug-likeness (QED) is 0.492. The zero-order chi connectivity index (χ0) is 21.1. The fraction of sp³-hybridized carbons (Fsp3) is 0.160. The van der Waals surface area contributed by atoms with Crippen molar-refractivity contribution in [2.24, 2.45) is 0 Å². The molecule has 0 atom stereocenters. The lowest BCUT2D eigenvalue weighted by atomic mass is 10.1. The molecule has 0 amide bonds. The first-order valence-corrected chi connectivity index (χ1v) is 9.73. The van der Waals surface area contributed by atoms with Crippen LogP contribution in [-0.2, 0) is 6.61 Å². The Balaban J connectivity index is 1.52. The highest BCUT2D eigenvalue weighted by atomic mass is 19.1. The van der Waals surface area contributed by atoms with Crippen LogP contribution in [0.3, 0.4) is 0 Å². The second kappa shape index (κ2) is 8.41. The lowest BCUT2D eigenvalue weighted by molar-refractivity contribution is 0.101. The topological polar surface area (TPSA) is 44.8 Å². The number of carbonyl (C=O) groups excluding carboxylic acids is 1. The lowest BCUT2D eigenvalue weighted by Gasteiger charge is -2.11. The molecule has 0 radical (unpaired) electrons. The number of halogens is 1. The number of hydrogen-bond donors (Lipinski definition) is 0. The van der Waals surface area contributed by atoms with E-state index >= 15 is 0 Å². The Hall–Kier alpha value is -3.60. The van der Waals surface area contributed by atoms with Crippen molar-refractivity contribution in [1.82, 2.24) is 0 Å². The molecule has 5 heteroatoms. The zero-order valence-electron chi connectivity index (χ0n) is 16.8. The van der Waals surface area contributed by atoms with Gasteiger partial charge in [-0.2, -0.15) is 0 Å². The van der Waals surface area contributed by atoms with Crippen LogP contribution in [0, 0.1) is 12.7 Å². The average molecular weight is 404 g/mol. The standard InChI is InChI=1S/C25H21FO4/c1-3-28-20-10-6-17(7-11-20)14-23-24(27)21-12-13-22(16(2)25(21)30-23)29-15-18-4-8-19(26)9-5-18/h4-14H,3,15H2,1-2H3/b23-14-. The summed E-state index contributed by atoms with van der Waals surface area (Å²) in [4.78, 5) is 12.8. The Kier molecular flexibility index (Phi) is 5.53. The molecule has 0 fully saturated rings. The smallest absolute Gasteiger partial charge is 0.231 e. The van der Waals surface area contributed by atoms with E-state index in [1.54, 1.807) is 30.3 Å². The van der Waals surface area contributed by atoms with E-state index < -0.39 is 0 Å². The van der Waals surface area contributed by atoms with Gasteiger partial charge in [-0.05, 0) is 67.4 Å². The van der Waals surface area contributed by atoms with Gasteiger partial charge in [0.05, 0.1) is 12.2 Å². The number of ether oxygens (including phenoxy) is 3. The maximum absolute atomic E-state index is 13.0. The molecule has 30 heavy (non-hydrogen) atoms. The molecule has 0 spiro atoms. The number of carbonyl (C=O) groups is 1. The van der Waals surface area contributed by atoms with Crippen molar-refractivity contribution in [1.29, 1.82) is 0 Å². The third-order valence-corrected chi connectivity index (χ3v) is 4.83. The van der Waals surface area contributed by atoms with Gasteiger partial charge in [0.1, 0.15) is 29.7 Å². The van der Waals surface area contributed by atoms with Crippen LogP contribution < -0.4 is 14.2 Å². The molecule has 1 aliphatic heterocycles. The fourth-order valence-electron chi connectivity index (χ4n) is 3.24. The number of allylic oxidation sites excluding steroid dienone is 1. The molecule has 152 valence electrons. The van der Waals surface area contributed by atoms with Crippen LogP contribution in [0.4, 0.5) is 4.39 Å². The molecule has 0 N–H and O–H groups in total. The zero-order valence-corrected chi connectivity index (χ0v) is 16.8. The Morgan fingerprint density at radius 1 is 0.967 bits per heavy atom. The van der Waals surface area contributed by atoms with E-state index in [4.69, 9.17) is 14.2 Å². The van der Waals surface area contributed by atoms with Crippen LogP contribution in [-0.4, -0.2) is 12.4 Å². The van der Waals surface area contributed by atoms with Gasteiger partial charge in [0.15, 0.2) is 5.76 Å². The average Bonchev–Trinajstić information content (AvgIpc) is 3.07. The van der Waals surface area contributed by atoms with Gasteiger partial charge < -0.3 is 14.2 Å². The summed E-state index contributed by atoms with van der Waals surface area (Å²) in [6.07, 6.45) is 1.72. The van der Waals surface area contributed by atoms with Gasteiger partial charge in [-0.25, -0.2) is 4.39 Å². The molecule has 0 aromatic heterocycles. The maximum atomic E-state index is 13.0. The van der Waals surface area contributed by atoms with Crippen LogP contribution >= 0.6 is 0 Å². The summed E-state index contributed by atoms with van der Waals surface area (Å²) in [6.45, 7) is 4.68. The summed E-state index contributed by atoms with van der Waals surface area (Å²) in [6, 6.07) is 17.1. The number of ketones is 1. The van der Waals surface area contributed by atoms with E-state index in [9.17, 15) is 9.18 Å². The number of fused-ring (bicyclic) bond motifs is 1. The predicted molar refractivity (Wildman–Crippen MR) is 112 cm³/mol. The molecule has 0 saturated heterocycles. The highest BCUT2D eigenvalue weighted by molar-refractivity contribution is 6.14. The molecule has 0 unspecified atom stereocenters. The third-order valence-electron chi connectivity index (χ3n) is 4.83. The summed E-state index contributed by atoms with van der Waals surface area (Å²) in [7, 11) is 0. The minimum atomic E-state index is -0.286. The van der Waals surface area contributed by atoms with Crippen molar-refractivity contribution in [3.8, 4) is 17.2 Å². The van der Waals surface area contributed by atoms with Crippen molar-refractivity contribution in [2.75, 3.05) is 6.61 Å². The van der Waals surface area contributed by atoms with Gasteiger partial charge in [0.2, 0.25) is 5.78 Å². The normalized spacial score (nSPS) is 13.8. The summed E-state index contributed by atoms with van der Waals surface area (Å²) in [5.41, 5.74) is 2.96. The first kappa shape index (κ1) is 19.7. The van der Waals surface area contributed by atoms with Gasteiger partial charge in [-0.15, -0.1) is 0 Å². The Morgan fingerprint density at radius 2 is 1.70 bits per heavy atom. The second-order valence-electron chi connectivity index (χ2n) is 6.92. The van der Waals surface area contributed by atoms with Gasteiger partial charge >= 0.3 is 0 Å². The fourth-order valence-corrected chi connectivity index (χ4v) is 3.24. The van der Waals surface area contributed by atoms with Gasteiger partial charge in [0, 0.05) is 5.56 Å². The van der Waals surface area contributed by atoms with Crippen molar-refractivity contribution >= 4 is 11.9 Å². The second-order valence-corrected chi connectivity index (χ2v) is 6.92. The predicted octanol–water partition coefficient (Wildman–Crippen LogP) is 5.73. The van der Waals surface area contributed by atoms with E-state index in [-0.39, 0.29) is 17.4 Å². The van der Waals surface area contributed by atoms with Gasteiger partial charge in [-0.1, -0.05) is 24.3 Å². The molecule has 0 aliphatic carbocycles. The Labute approximate surface area is 174 Å². The van der Waals surface area contributed by atoms with Crippen LogP contribution in [0.5, 0.6) is 17.2 Å². The monoisotopic (exact) mass is 404 g/mol. The van der Waals surface area contributed by atoms with E-state index in [1.165, 1.54) is 12.1 Å². The van der Waals surface area contributed by atoms with Crippen molar-refractivity contribution in [3.05, 3.63) is 94.5 Å². The maximum Gasteiger partial charge on any atom is 0.231 e. The molecule has 3 aromatic carbocycles. The van der Waals surface area contributed by atoms with E-state index in [0.29, 0.717) is 30.3 Å². The Morgan fingerprint density at radius 3 is 2.40 bits per heavy atom. The molecule has 0 bridgehead atoms. The SMILES string of the molecule is CCOc1ccc(/C=C2\Oc3c(ccc(OCc4ccc(F)cc4)c3C)C2=O)cc1. The van der Waals surface area contributed by atoms with Crippen molar-refractivity contribution in [2.45, 2.75) is 20.5 Å². The van der Waals surface area contributed by atoms with Crippen LogP contribution in [0.25, 0.3) is 6.08 Å². The van der Waals surface area contributed by atoms with E-state index in [2.05, 4.69) is 0 Å². The molecule has 3 aromatic rings. The van der Waals surface area contributed by atoms with Crippen LogP contribution in [0.2, 0.25) is 0 Å². The minimum Gasteiger partial charge on any atom is -0.494 e. The molecule has 1 aliphatic rings. The van der Waals surface area contributed by atoms with Crippen LogP contribution in [0.15, 0.2) is 66.4 Å². The molecule has 4 rings (SSSR count). The first-order valence-electron chi connectivity index (χ1n) is 9.73. The lowest BCUT2D eigenvalue weighted by Crippen LogP contribution is -1.98. The minimum absolute atomic E-state index is 0.160. The van der Waals surface area contributed by atoms with E-state index in [1.807, 2.05) is 38.1 Å². The third kappa shape index (κ3) is 4.06. The highest BCUT2D eigenvalue weighted by Gasteiger charge is 2.30. The van der Waals surface area contributed by atoms with Gasteiger partial charge in [0.25, 0.3) is 0 Å². The van der Waals surface area contributed by atoms with Gasteiger partial charge in [-0.3, -0.25) is 4.79 Å².